The molecule has 0 aliphatic carbocycles. The second-order valence-electron chi connectivity index (χ2n) is 13.0. The molecule has 4 aromatic rings. The number of alkyl carbamates (subject to hydrolysis) is 1. The molecule has 0 aromatic heterocycles. The normalized spacial score (nSPS) is 11.9. The number of nitrogens with zero attached hydrogens (tertiary/aromatic N) is 2. The largest absolute Gasteiger partial charge is 0.494 e. The molecule has 2 amide bonds. The van der Waals surface area contributed by atoms with Crippen molar-refractivity contribution in [1.29, 1.82) is 0 Å². The van der Waals surface area contributed by atoms with Crippen LogP contribution in [0.2, 0.25) is 0 Å². The predicted molar refractivity (Wildman–Crippen MR) is 196 cm³/mol. The van der Waals surface area contributed by atoms with Crippen LogP contribution in [0.1, 0.15) is 57.7 Å². The molecule has 4 rings (SSSR count). The van der Waals surface area contributed by atoms with Crippen molar-refractivity contribution in [2.75, 3.05) is 31.1 Å². The standard InChI is InChI=1S/C41H51N3O5/c1-6-43(7-2)27-14-28-47-36-25-21-35(22-26-36)44(30-33-15-10-8-11-16-33)39(45)38(42-40(46)49-41(3,4)5)29-32-19-23-37(24-20-32)48-31-34-17-12-9-13-18-34/h8-13,15-26,38H,6-7,14,27-31H2,1-5H3,(H,42,46)/t38-/m1/s1. The lowest BCUT2D eigenvalue weighted by molar-refractivity contribution is -0.120. The highest BCUT2D eigenvalue weighted by molar-refractivity contribution is 5.99. The molecule has 0 bridgehead atoms. The maximum atomic E-state index is 14.5. The Kier molecular flexibility index (Phi) is 14.1. The lowest BCUT2D eigenvalue weighted by Crippen LogP contribution is -2.50. The van der Waals surface area contributed by atoms with Gasteiger partial charge in [-0.25, -0.2) is 4.79 Å². The van der Waals surface area contributed by atoms with E-state index in [2.05, 4.69) is 24.1 Å². The molecule has 8 nitrogen and oxygen atoms in total. The third-order valence-corrected chi connectivity index (χ3v) is 7.98. The molecule has 0 heterocycles. The van der Waals surface area contributed by atoms with Gasteiger partial charge in [0.2, 0.25) is 5.91 Å². The predicted octanol–water partition coefficient (Wildman–Crippen LogP) is 8.05. The number of hydrogen-bond donors (Lipinski definition) is 1. The molecule has 1 atom stereocenters. The number of anilines is 1. The molecular formula is C41H51N3O5. The lowest BCUT2D eigenvalue weighted by Gasteiger charge is -2.29. The highest BCUT2D eigenvalue weighted by Gasteiger charge is 2.29. The first kappa shape index (κ1) is 37.0. The zero-order chi connectivity index (χ0) is 35.1. The summed E-state index contributed by atoms with van der Waals surface area (Å²) in [5, 5.41) is 2.87. The van der Waals surface area contributed by atoms with Crippen LogP contribution in [0.25, 0.3) is 0 Å². The lowest BCUT2D eigenvalue weighted by atomic mass is 10.0. The summed E-state index contributed by atoms with van der Waals surface area (Å²) in [4.78, 5) is 31.6. The maximum Gasteiger partial charge on any atom is 0.408 e. The van der Waals surface area contributed by atoms with Gasteiger partial charge in [-0.2, -0.15) is 0 Å². The zero-order valence-electron chi connectivity index (χ0n) is 29.6. The Morgan fingerprint density at radius 2 is 1.29 bits per heavy atom. The van der Waals surface area contributed by atoms with E-state index in [0.717, 1.165) is 54.2 Å². The first-order chi connectivity index (χ1) is 23.6. The van der Waals surface area contributed by atoms with Gasteiger partial charge in [0.05, 0.1) is 13.2 Å². The molecule has 0 spiro atoms. The van der Waals surface area contributed by atoms with Crippen molar-refractivity contribution in [1.82, 2.24) is 10.2 Å². The van der Waals surface area contributed by atoms with Crippen LogP contribution in [0.5, 0.6) is 11.5 Å². The van der Waals surface area contributed by atoms with Crippen LogP contribution in [0.15, 0.2) is 109 Å². The minimum absolute atomic E-state index is 0.257. The molecule has 0 saturated carbocycles. The van der Waals surface area contributed by atoms with Crippen molar-refractivity contribution < 1.29 is 23.8 Å². The molecule has 4 aromatic carbocycles. The van der Waals surface area contributed by atoms with Gasteiger partial charge in [0, 0.05) is 18.7 Å². The first-order valence-corrected chi connectivity index (χ1v) is 17.2. The van der Waals surface area contributed by atoms with Gasteiger partial charge >= 0.3 is 6.09 Å². The highest BCUT2D eigenvalue weighted by atomic mass is 16.6. The Balaban J connectivity index is 1.53. The second-order valence-corrected chi connectivity index (χ2v) is 13.0. The van der Waals surface area contributed by atoms with E-state index < -0.39 is 17.7 Å². The van der Waals surface area contributed by atoms with Crippen LogP contribution in [-0.4, -0.2) is 54.8 Å². The van der Waals surface area contributed by atoms with E-state index in [0.29, 0.717) is 25.4 Å². The summed E-state index contributed by atoms with van der Waals surface area (Å²) in [5.41, 5.74) is 2.88. The quantitative estimate of drug-likeness (QED) is 0.115. The van der Waals surface area contributed by atoms with E-state index in [1.165, 1.54) is 0 Å². The van der Waals surface area contributed by atoms with Crippen molar-refractivity contribution in [2.45, 2.75) is 72.3 Å². The van der Waals surface area contributed by atoms with Crippen LogP contribution < -0.4 is 19.7 Å². The average molecular weight is 666 g/mol. The van der Waals surface area contributed by atoms with Crippen molar-refractivity contribution in [3.63, 3.8) is 0 Å². The number of carbonyl (C=O) groups is 2. The molecule has 1 N–H and O–H groups in total. The summed E-state index contributed by atoms with van der Waals surface area (Å²) < 4.78 is 17.6. The fraction of sp³-hybridized carbons (Fsp3) is 0.366. The fourth-order valence-corrected chi connectivity index (χ4v) is 5.34. The van der Waals surface area contributed by atoms with Crippen LogP contribution in [-0.2, 0) is 29.1 Å². The van der Waals surface area contributed by atoms with E-state index in [9.17, 15) is 9.59 Å². The summed E-state index contributed by atoms with van der Waals surface area (Å²) in [6.07, 6.45) is 0.540. The van der Waals surface area contributed by atoms with Crippen LogP contribution in [0.3, 0.4) is 0 Å². The van der Waals surface area contributed by atoms with Crippen molar-refractivity contribution in [3.8, 4) is 11.5 Å². The van der Waals surface area contributed by atoms with E-state index in [1.54, 1.807) is 25.7 Å². The van der Waals surface area contributed by atoms with Gasteiger partial charge in [-0.3, -0.25) is 4.79 Å². The third-order valence-electron chi connectivity index (χ3n) is 7.98. The van der Waals surface area contributed by atoms with E-state index in [4.69, 9.17) is 14.2 Å². The van der Waals surface area contributed by atoms with E-state index in [-0.39, 0.29) is 12.3 Å². The van der Waals surface area contributed by atoms with Crippen LogP contribution >= 0.6 is 0 Å². The minimum Gasteiger partial charge on any atom is -0.494 e. The molecule has 49 heavy (non-hydrogen) atoms. The Labute approximate surface area is 292 Å². The van der Waals surface area contributed by atoms with Gasteiger partial charge in [0.15, 0.2) is 0 Å². The summed E-state index contributed by atoms with van der Waals surface area (Å²) in [7, 11) is 0. The second kappa shape index (κ2) is 18.7. The van der Waals surface area contributed by atoms with E-state index >= 15 is 0 Å². The Hall–Kier alpha value is -4.82. The number of carbonyl (C=O) groups excluding carboxylic acids is 2. The minimum atomic E-state index is -0.898. The molecule has 0 saturated heterocycles. The van der Waals surface area contributed by atoms with Crippen LogP contribution in [0.4, 0.5) is 10.5 Å². The van der Waals surface area contributed by atoms with Gasteiger partial charge in [-0.15, -0.1) is 0 Å². The molecule has 0 fully saturated rings. The number of nitrogens with one attached hydrogen (secondary N) is 1. The van der Waals surface area contributed by atoms with Gasteiger partial charge in [-0.1, -0.05) is 86.6 Å². The zero-order valence-corrected chi connectivity index (χ0v) is 29.6. The maximum absolute atomic E-state index is 14.5. The molecule has 0 radical (unpaired) electrons. The van der Waals surface area contributed by atoms with Gasteiger partial charge in [-0.05, 0) is 93.4 Å². The number of rotatable bonds is 17. The molecular weight excluding hydrogens is 614 g/mol. The first-order valence-electron chi connectivity index (χ1n) is 17.2. The molecule has 8 heteroatoms. The fourth-order valence-electron chi connectivity index (χ4n) is 5.34. The van der Waals surface area contributed by atoms with E-state index in [1.807, 2.05) is 109 Å². The average Bonchev–Trinajstić information content (AvgIpc) is 3.10. The summed E-state index contributed by atoms with van der Waals surface area (Å²) >= 11 is 0. The molecule has 0 aliphatic rings. The Bertz CT molecular complexity index is 1550. The van der Waals surface area contributed by atoms with Gasteiger partial charge < -0.3 is 29.3 Å². The number of ether oxygens (including phenoxy) is 3. The monoisotopic (exact) mass is 665 g/mol. The summed E-state index contributed by atoms with van der Waals surface area (Å²) in [6, 6.07) is 34.1. The topological polar surface area (TPSA) is 80.3 Å². The van der Waals surface area contributed by atoms with Crippen molar-refractivity contribution in [3.05, 3.63) is 126 Å². The number of hydrogen-bond acceptors (Lipinski definition) is 6. The third kappa shape index (κ3) is 12.6. The van der Waals surface area contributed by atoms with Crippen molar-refractivity contribution in [2.24, 2.45) is 0 Å². The summed E-state index contributed by atoms with van der Waals surface area (Å²) in [5.74, 6) is 1.21. The van der Waals surface area contributed by atoms with Crippen molar-refractivity contribution >= 4 is 17.7 Å². The van der Waals surface area contributed by atoms with Gasteiger partial charge in [0.25, 0.3) is 0 Å². The summed E-state index contributed by atoms with van der Waals surface area (Å²) in [6.45, 7) is 14.1. The SMILES string of the molecule is CCN(CC)CCCOc1ccc(N(Cc2ccccc2)C(=O)[C@@H](Cc2ccc(OCc3ccccc3)cc2)NC(=O)OC(C)(C)C)cc1. The number of amides is 2. The van der Waals surface area contributed by atoms with Crippen LogP contribution in [0, 0.1) is 0 Å². The molecule has 0 unspecified atom stereocenters. The molecule has 0 aliphatic heterocycles. The van der Waals surface area contributed by atoms with Gasteiger partial charge in [0.1, 0.15) is 29.7 Å². The number of benzene rings is 4. The smallest absolute Gasteiger partial charge is 0.408 e. The molecule has 260 valence electrons. The Morgan fingerprint density at radius 3 is 1.88 bits per heavy atom. The Morgan fingerprint density at radius 1 is 0.714 bits per heavy atom. The highest BCUT2D eigenvalue weighted by Crippen LogP contribution is 2.24.